The third-order valence-corrected chi connectivity index (χ3v) is 3.36. The molecule has 4 nitrogen and oxygen atoms in total. The smallest absolute Gasteiger partial charge is 0.161 e. The summed E-state index contributed by atoms with van der Waals surface area (Å²) in [6.45, 7) is 0.987. The highest BCUT2D eigenvalue weighted by atomic mass is 35.5. The molecule has 0 fully saturated rings. The van der Waals surface area contributed by atoms with Gasteiger partial charge in [0.2, 0.25) is 0 Å². The lowest BCUT2D eigenvalue weighted by Crippen LogP contribution is -2.31. The fourth-order valence-electron chi connectivity index (χ4n) is 2.11. The van der Waals surface area contributed by atoms with E-state index in [0.717, 1.165) is 11.3 Å². The van der Waals surface area contributed by atoms with E-state index in [1.165, 1.54) is 6.07 Å². The molecule has 98 valence electrons. The first-order valence-corrected chi connectivity index (χ1v) is 6.19. The predicted molar refractivity (Wildman–Crippen MR) is 72.9 cm³/mol. The second-order valence-corrected chi connectivity index (χ2v) is 4.81. The number of aromatic hydroxyl groups is 2. The van der Waals surface area contributed by atoms with Crippen LogP contribution in [0.2, 0.25) is 5.02 Å². The molecule has 0 aromatic heterocycles. The van der Waals surface area contributed by atoms with Crippen molar-refractivity contribution in [3.63, 3.8) is 0 Å². The van der Waals surface area contributed by atoms with E-state index in [0.29, 0.717) is 24.0 Å². The predicted octanol–water partition coefficient (Wildman–Crippen LogP) is 3.11. The van der Waals surface area contributed by atoms with Gasteiger partial charge in [0.05, 0.1) is 10.7 Å². The number of hydrogen-bond donors (Lipinski definition) is 2. The number of ether oxygens (including phenoxy) is 1. The minimum Gasteiger partial charge on any atom is -0.508 e. The van der Waals surface area contributed by atoms with Crippen LogP contribution in [-0.2, 0) is 6.54 Å². The van der Waals surface area contributed by atoms with E-state index >= 15 is 0 Å². The molecule has 1 aliphatic heterocycles. The molecule has 19 heavy (non-hydrogen) atoms. The van der Waals surface area contributed by atoms with Gasteiger partial charge in [0.25, 0.3) is 0 Å². The SMILES string of the molecule is Oc1ccc(N2COc3cc(O)ccc3C2)c(Cl)c1. The van der Waals surface area contributed by atoms with Crippen LogP contribution in [0.1, 0.15) is 5.56 Å². The number of anilines is 1. The van der Waals surface area contributed by atoms with Gasteiger partial charge in [-0.1, -0.05) is 11.6 Å². The van der Waals surface area contributed by atoms with Crippen LogP contribution in [0, 0.1) is 0 Å². The monoisotopic (exact) mass is 277 g/mol. The Morgan fingerprint density at radius 2 is 1.79 bits per heavy atom. The van der Waals surface area contributed by atoms with Crippen LogP contribution in [0.3, 0.4) is 0 Å². The van der Waals surface area contributed by atoms with Crippen molar-refractivity contribution in [1.29, 1.82) is 0 Å². The van der Waals surface area contributed by atoms with E-state index in [1.54, 1.807) is 24.3 Å². The van der Waals surface area contributed by atoms with E-state index < -0.39 is 0 Å². The number of rotatable bonds is 1. The zero-order valence-electron chi connectivity index (χ0n) is 10.0. The van der Waals surface area contributed by atoms with Crippen molar-refractivity contribution in [2.45, 2.75) is 6.54 Å². The van der Waals surface area contributed by atoms with Gasteiger partial charge in [-0.2, -0.15) is 0 Å². The van der Waals surface area contributed by atoms with E-state index in [4.69, 9.17) is 16.3 Å². The highest BCUT2D eigenvalue weighted by Crippen LogP contribution is 2.35. The zero-order chi connectivity index (χ0) is 13.4. The molecule has 0 bridgehead atoms. The molecular weight excluding hydrogens is 266 g/mol. The Kier molecular flexibility index (Phi) is 2.87. The Labute approximate surface area is 115 Å². The first kappa shape index (κ1) is 12.0. The van der Waals surface area contributed by atoms with Crippen molar-refractivity contribution in [2.75, 3.05) is 11.6 Å². The van der Waals surface area contributed by atoms with Crippen molar-refractivity contribution in [3.05, 3.63) is 47.0 Å². The number of nitrogens with zero attached hydrogens (tertiary/aromatic N) is 1. The molecule has 5 heteroatoms. The molecule has 0 atom stereocenters. The molecule has 2 N–H and O–H groups in total. The summed E-state index contributed by atoms with van der Waals surface area (Å²) in [6.07, 6.45) is 0. The van der Waals surface area contributed by atoms with Gasteiger partial charge >= 0.3 is 0 Å². The van der Waals surface area contributed by atoms with Crippen molar-refractivity contribution in [1.82, 2.24) is 0 Å². The molecule has 0 amide bonds. The summed E-state index contributed by atoms with van der Waals surface area (Å²) >= 11 is 6.12. The average Bonchev–Trinajstić information content (AvgIpc) is 2.38. The molecule has 0 spiro atoms. The summed E-state index contributed by atoms with van der Waals surface area (Å²) < 4.78 is 5.60. The van der Waals surface area contributed by atoms with Gasteiger partial charge in [0.15, 0.2) is 6.73 Å². The summed E-state index contributed by atoms with van der Waals surface area (Å²) in [5, 5.41) is 19.2. The molecule has 2 aromatic carbocycles. The largest absolute Gasteiger partial charge is 0.508 e. The Morgan fingerprint density at radius 3 is 2.58 bits per heavy atom. The first-order valence-electron chi connectivity index (χ1n) is 5.81. The summed E-state index contributed by atoms with van der Waals surface area (Å²) in [4.78, 5) is 1.96. The maximum atomic E-state index is 9.40. The topological polar surface area (TPSA) is 52.9 Å². The quantitative estimate of drug-likeness (QED) is 0.841. The van der Waals surface area contributed by atoms with Gasteiger partial charge in [-0.05, 0) is 24.3 Å². The Hall–Kier alpha value is -2.07. The van der Waals surface area contributed by atoms with Crippen molar-refractivity contribution in [3.8, 4) is 17.2 Å². The Balaban J connectivity index is 1.91. The van der Waals surface area contributed by atoms with Crippen LogP contribution in [0.4, 0.5) is 5.69 Å². The Morgan fingerprint density at radius 1 is 1.05 bits per heavy atom. The molecule has 0 saturated carbocycles. The number of hydrogen-bond acceptors (Lipinski definition) is 4. The molecule has 0 aliphatic carbocycles. The van der Waals surface area contributed by atoms with E-state index in [1.807, 2.05) is 11.0 Å². The molecule has 3 rings (SSSR count). The van der Waals surface area contributed by atoms with Gasteiger partial charge < -0.3 is 19.8 Å². The van der Waals surface area contributed by atoms with Crippen LogP contribution >= 0.6 is 11.6 Å². The Bertz CT molecular complexity index is 630. The maximum Gasteiger partial charge on any atom is 0.161 e. The molecule has 0 unspecified atom stereocenters. The molecule has 1 heterocycles. The molecule has 0 saturated heterocycles. The van der Waals surface area contributed by atoms with Crippen LogP contribution in [0.25, 0.3) is 0 Å². The molecule has 0 radical (unpaired) electrons. The van der Waals surface area contributed by atoms with Crippen LogP contribution in [0.5, 0.6) is 17.2 Å². The van der Waals surface area contributed by atoms with E-state index in [2.05, 4.69) is 0 Å². The van der Waals surface area contributed by atoms with Crippen LogP contribution < -0.4 is 9.64 Å². The number of phenols is 2. The van der Waals surface area contributed by atoms with Crippen molar-refractivity contribution in [2.24, 2.45) is 0 Å². The van der Waals surface area contributed by atoms with E-state index in [9.17, 15) is 10.2 Å². The number of phenolic OH excluding ortho intramolecular Hbond substituents is 2. The van der Waals surface area contributed by atoms with Crippen molar-refractivity contribution < 1.29 is 14.9 Å². The number of benzene rings is 2. The lowest BCUT2D eigenvalue weighted by molar-refractivity contribution is 0.287. The highest BCUT2D eigenvalue weighted by Gasteiger charge is 2.19. The van der Waals surface area contributed by atoms with Gasteiger partial charge in [-0.15, -0.1) is 0 Å². The average molecular weight is 278 g/mol. The summed E-state index contributed by atoms with van der Waals surface area (Å²) in [6, 6.07) is 9.91. The molecule has 2 aromatic rings. The number of halogens is 1. The summed E-state index contributed by atoms with van der Waals surface area (Å²) in [7, 11) is 0. The van der Waals surface area contributed by atoms with Crippen molar-refractivity contribution >= 4 is 17.3 Å². The normalized spacial score (nSPS) is 13.8. The van der Waals surface area contributed by atoms with Gasteiger partial charge in [-0.25, -0.2) is 0 Å². The summed E-state index contributed by atoms with van der Waals surface area (Å²) in [5.74, 6) is 1.01. The minimum atomic E-state index is 0.136. The van der Waals surface area contributed by atoms with Gasteiger partial charge in [-0.3, -0.25) is 0 Å². The second kappa shape index (κ2) is 4.55. The number of fused-ring (bicyclic) bond motifs is 1. The summed E-state index contributed by atoms with van der Waals surface area (Å²) in [5.41, 5.74) is 1.78. The lowest BCUT2D eigenvalue weighted by atomic mass is 10.1. The minimum absolute atomic E-state index is 0.136. The zero-order valence-corrected chi connectivity index (χ0v) is 10.8. The lowest BCUT2D eigenvalue weighted by Gasteiger charge is -2.31. The molecular formula is C14H12ClNO3. The fourth-order valence-corrected chi connectivity index (χ4v) is 2.41. The van der Waals surface area contributed by atoms with Gasteiger partial charge in [0, 0.05) is 24.2 Å². The molecule has 1 aliphatic rings. The fraction of sp³-hybridized carbons (Fsp3) is 0.143. The first-order chi connectivity index (χ1) is 9.13. The van der Waals surface area contributed by atoms with Gasteiger partial charge in [0.1, 0.15) is 17.2 Å². The third kappa shape index (κ3) is 2.27. The standard InChI is InChI=1S/C14H12ClNO3/c15-12-5-10(17)3-4-13(12)16-7-9-1-2-11(18)6-14(9)19-8-16/h1-6,17-18H,7-8H2. The third-order valence-electron chi connectivity index (χ3n) is 3.06. The van der Waals surface area contributed by atoms with E-state index in [-0.39, 0.29) is 11.5 Å². The highest BCUT2D eigenvalue weighted by molar-refractivity contribution is 6.33. The van der Waals surface area contributed by atoms with Crippen LogP contribution in [-0.4, -0.2) is 16.9 Å². The second-order valence-electron chi connectivity index (χ2n) is 4.40. The van der Waals surface area contributed by atoms with Crippen LogP contribution in [0.15, 0.2) is 36.4 Å². The maximum absolute atomic E-state index is 9.40.